The minimum atomic E-state index is -0.325. The smallest absolute Gasteiger partial charge is 0.272 e. The summed E-state index contributed by atoms with van der Waals surface area (Å²) in [6.07, 6.45) is 7.87. The summed E-state index contributed by atoms with van der Waals surface area (Å²) in [5.41, 5.74) is 4.87. The van der Waals surface area contributed by atoms with E-state index in [1.165, 1.54) is 7.11 Å². The maximum Gasteiger partial charge on any atom is 0.272 e. The fraction of sp³-hybridized carbons (Fsp3) is 0.324. The van der Waals surface area contributed by atoms with Crippen LogP contribution < -0.4 is 25.4 Å². The number of anilines is 2. The molecule has 50 heavy (non-hydrogen) atoms. The molecular formula is C37H41N7O6. The molecule has 1 unspecified atom stereocenters. The van der Waals surface area contributed by atoms with Crippen LogP contribution in [-0.2, 0) is 18.9 Å². The van der Waals surface area contributed by atoms with Crippen molar-refractivity contribution in [2.75, 3.05) is 37.4 Å². The molecule has 0 bridgehead atoms. The van der Waals surface area contributed by atoms with Crippen molar-refractivity contribution < 1.29 is 28.7 Å². The lowest BCUT2D eigenvalue weighted by Crippen LogP contribution is -2.35. The molecule has 1 saturated heterocycles. The van der Waals surface area contributed by atoms with Gasteiger partial charge in [-0.1, -0.05) is 12.1 Å². The van der Waals surface area contributed by atoms with Crippen molar-refractivity contribution in [3.05, 3.63) is 77.9 Å². The number of fused-ring (bicyclic) bond motifs is 2. The van der Waals surface area contributed by atoms with Crippen LogP contribution in [0.1, 0.15) is 63.9 Å². The molecule has 2 aliphatic heterocycles. The molecule has 13 nitrogen and oxygen atoms in total. The van der Waals surface area contributed by atoms with E-state index in [2.05, 4.69) is 20.9 Å². The molecule has 0 saturated carbocycles. The van der Waals surface area contributed by atoms with Crippen LogP contribution in [0, 0.1) is 0 Å². The van der Waals surface area contributed by atoms with E-state index in [9.17, 15) is 19.2 Å². The number of aromatic nitrogens is 2. The zero-order valence-corrected chi connectivity index (χ0v) is 28.6. The second kappa shape index (κ2) is 14.7. The number of amides is 4. The average molecular weight is 680 g/mol. The quantitative estimate of drug-likeness (QED) is 0.176. The van der Waals surface area contributed by atoms with Gasteiger partial charge in [0.2, 0.25) is 5.91 Å². The standard InChI is InChI=1S/C37H41N7O6/c1-5-38-35(46)30-16-24(21-42(30)2)23-10-12-25(13-11-23)41-36(47)31-17-26(22-43(31)3)40-34(45)9-7-15-50-33-19-29-28(18-32(33)49-4)37(48)44-14-6-8-27(44)20-39-29/h10-13,16-22,27H,5-9,14-15H2,1-4H3,(H,38,46)(H,40,45)(H,41,47). The minimum Gasteiger partial charge on any atom is -0.493 e. The highest BCUT2D eigenvalue weighted by molar-refractivity contribution is 6.05. The van der Waals surface area contributed by atoms with Crippen LogP contribution in [0.15, 0.2) is 65.9 Å². The van der Waals surface area contributed by atoms with Crippen LogP contribution in [-0.4, -0.2) is 76.7 Å². The molecule has 1 atom stereocenters. The normalized spacial score (nSPS) is 14.8. The van der Waals surface area contributed by atoms with Crippen molar-refractivity contribution in [1.82, 2.24) is 19.4 Å². The van der Waals surface area contributed by atoms with Crippen molar-refractivity contribution in [3.8, 4) is 22.6 Å². The molecular weight excluding hydrogens is 638 g/mol. The molecule has 0 aliphatic carbocycles. The van der Waals surface area contributed by atoms with Gasteiger partial charge in [0, 0.05) is 69.5 Å². The summed E-state index contributed by atoms with van der Waals surface area (Å²) < 4.78 is 14.9. The third-order valence-corrected chi connectivity index (χ3v) is 8.84. The van der Waals surface area contributed by atoms with Gasteiger partial charge in [-0.05, 0) is 62.1 Å². The summed E-state index contributed by atoms with van der Waals surface area (Å²) in [7, 11) is 5.08. The predicted octanol–water partition coefficient (Wildman–Crippen LogP) is 5.16. The lowest BCUT2D eigenvalue weighted by molar-refractivity contribution is -0.116. The van der Waals surface area contributed by atoms with E-state index in [4.69, 9.17) is 9.47 Å². The third-order valence-electron chi connectivity index (χ3n) is 8.84. The maximum atomic E-state index is 13.1. The lowest BCUT2D eigenvalue weighted by atomic mass is 10.1. The Balaban J connectivity index is 0.999. The van der Waals surface area contributed by atoms with Gasteiger partial charge in [-0.3, -0.25) is 24.2 Å². The monoisotopic (exact) mass is 679 g/mol. The Hall–Kier alpha value is -5.85. The highest BCUT2D eigenvalue weighted by atomic mass is 16.5. The first-order valence-corrected chi connectivity index (χ1v) is 16.7. The maximum absolute atomic E-state index is 13.1. The van der Waals surface area contributed by atoms with E-state index in [1.54, 1.807) is 52.7 Å². The van der Waals surface area contributed by atoms with Crippen molar-refractivity contribution in [2.45, 2.75) is 38.6 Å². The Morgan fingerprint density at radius 3 is 2.42 bits per heavy atom. The van der Waals surface area contributed by atoms with Gasteiger partial charge in [0.15, 0.2) is 11.5 Å². The Labute approximate surface area is 290 Å². The summed E-state index contributed by atoms with van der Waals surface area (Å²) in [5, 5.41) is 8.56. The fourth-order valence-corrected chi connectivity index (χ4v) is 6.26. The molecule has 0 spiro atoms. The number of aliphatic imine (C=N–C) groups is 1. The van der Waals surface area contributed by atoms with Crippen LogP contribution in [0.25, 0.3) is 11.1 Å². The Morgan fingerprint density at radius 1 is 0.900 bits per heavy atom. The fourth-order valence-electron chi connectivity index (χ4n) is 6.26. The van der Waals surface area contributed by atoms with E-state index in [1.807, 2.05) is 49.5 Å². The van der Waals surface area contributed by atoms with Gasteiger partial charge in [0.05, 0.1) is 36.7 Å². The van der Waals surface area contributed by atoms with E-state index in [0.717, 1.165) is 24.0 Å². The number of methoxy groups -OCH3 is 1. The van der Waals surface area contributed by atoms with E-state index in [-0.39, 0.29) is 42.7 Å². The molecule has 4 amide bonds. The van der Waals surface area contributed by atoms with E-state index < -0.39 is 0 Å². The van der Waals surface area contributed by atoms with E-state index in [0.29, 0.717) is 65.0 Å². The number of carbonyl (C=O) groups excluding carboxylic acids is 4. The van der Waals surface area contributed by atoms with Crippen LogP contribution >= 0.6 is 0 Å². The molecule has 2 aromatic heterocycles. The number of rotatable bonds is 12. The molecule has 3 N–H and O–H groups in total. The molecule has 6 rings (SSSR count). The second-order valence-electron chi connectivity index (χ2n) is 12.3. The van der Waals surface area contributed by atoms with Crippen molar-refractivity contribution in [3.63, 3.8) is 0 Å². The summed E-state index contributed by atoms with van der Waals surface area (Å²) in [5.74, 6) is 0.152. The second-order valence-corrected chi connectivity index (χ2v) is 12.3. The van der Waals surface area contributed by atoms with Gasteiger partial charge in [0.25, 0.3) is 17.7 Å². The van der Waals surface area contributed by atoms with Crippen molar-refractivity contribution in [2.24, 2.45) is 19.1 Å². The zero-order chi connectivity index (χ0) is 35.4. The van der Waals surface area contributed by atoms with Crippen LogP contribution in [0.2, 0.25) is 0 Å². The molecule has 4 aromatic rings. The summed E-state index contributed by atoms with van der Waals surface area (Å²) in [4.78, 5) is 57.6. The zero-order valence-electron chi connectivity index (χ0n) is 28.6. The van der Waals surface area contributed by atoms with Crippen molar-refractivity contribution >= 4 is 46.9 Å². The molecule has 13 heteroatoms. The number of ether oxygens (including phenoxy) is 2. The first-order valence-electron chi connectivity index (χ1n) is 16.7. The molecule has 2 aromatic carbocycles. The van der Waals surface area contributed by atoms with Gasteiger partial charge >= 0.3 is 0 Å². The molecule has 1 fully saturated rings. The van der Waals surface area contributed by atoms with Gasteiger partial charge in [-0.25, -0.2) is 0 Å². The Bertz CT molecular complexity index is 1960. The summed E-state index contributed by atoms with van der Waals surface area (Å²) >= 11 is 0. The summed E-state index contributed by atoms with van der Waals surface area (Å²) in [6, 6.07) is 14.2. The largest absolute Gasteiger partial charge is 0.493 e. The first kappa shape index (κ1) is 34.0. The van der Waals surface area contributed by atoms with E-state index >= 15 is 0 Å². The number of aryl methyl sites for hydroxylation is 2. The number of hydrogen-bond acceptors (Lipinski definition) is 7. The highest BCUT2D eigenvalue weighted by Gasteiger charge is 2.32. The third kappa shape index (κ3) is 7.26. The summed E-state index contributed by atoms with van der Waals surface area (Å²) in [6.45, 7) is 3.38. The number of nitrogens with zero attached hydrogens (tertiary/aromatic N) is 4. The Kier molecular flexibility index (Phi) is 10.0. The minimum absolute atomic E-state index is 0.00869. The average Bonchev–Trinajstić information content (AvgIpc) is 3.82. The number of hydrogen-bond donors (Lipinski definition) is 3. The Morgan fingerprint density at radius 2 is 1.66 bits per heavy atom. The van der Waals surface area contributed by atoms with Gasteiger partial charge < -0.3 is 39.5 Å². The molecule has 0 radical (unpaired) electrons. The van der Waals surface area contributed by atoms with Crippen LogP contribution in [0.4, 0.5) is 17.1 Å². The van der Waals surface area contributed by atoms with Gasteiger partial charge in [-0.2, -0.15) is 0 Å². The van der Waals surface area contributed by atoms with Crippen LogP contribution in [0.3, 0.4) is 0 Å². The number of nitrogens with one attached hydrogen (secondary N) is 3. The number of carbonyl (C=O) groups is 4. The van der Waals surface area contributed by atoms with Gasteiger partial charge in [0.1, 0.15) is 11.4 Å². The topological polar surface area (TPSA) is 148 Å². The lowest BCUT2D eigenvalue weighted by Gasteiger charge is -2.20. The highest BCUT2D eigenvalue weighted by Crippen LogP contribution is 2.38. The first-order chi connectivity index (χ1) is 24.1. The van der Waals surface area contributed by atoms with Crippen molar-refractivity contribution in [1.29, 1.82) is 0 Å². The predicted molar refractivity (Wildman–Crippen MR) is 191 cm³/mol. The number of benzene rings is 2. The van der Waals surface area contributed by atoms with Gasteiger partial charge in [-0.15, -0.1) is 0 Å². The molecule has 260 valence electrons. The molecule has 2 aliphatic rings. The SMILES string of the molecule is CCNC(=O)c1cc(-c2ccc(NC(=O)c3cc(NC(=O)CCCOc4cc5c(cc4OC)C(=O)N4CCCC4C=N5)cn3C)cc2)cn1C. The molecule has 4 heterocycles. The van der Waals surface area contributed by atoms with Crippen LogP contribution in [0.5, 0.6) is 11.5 Å².